The summed E-state index contributed by atoms with van der Waals surface area (Å²) in [6.07, 6.45) is 0.682. The molecule has 2 aliphatic heterocycles. The Morgan fingerprint density at radius 2 is 1.94 bits per heavy atom. The maximum absolute atomic E-state index is 12.8. The van der Waals surface area contributed by atoms with Crippen molar-refractivity contribution in [2.45, 2.75) is 26.4 Å². The number of carbonyl (C=O) groups is 2. The monoisotopic (exact) mass is 424 g/mol. The molecule has 0 saturated carbocycles. The Kier molecular flexibility index (Phi) is 6.25. The molecule has 2 aromatic rings. The molecule has 0 radical (unpaired) electrons. The summed E-state index contributed by atoms with van der Waals surface area (Å²) in [6, 6.07) is 13.0. The Hall–Kier alpha value is -3.29. The molecule has 0 bridgehead atoms. The number of amides is 3. The van der Waals surface area contributed by atoms with E-state index in [1.54, 1.807) is 14.7 Å². The normalized spacial score (nSPS) is 18.6. The lowest BCUT2D eigenvalue weighted by molar-refractivity contribution is -0.130. The van der Waals surface area contributed by atoms with Crippen LogP contribution < -0.4 is 14.4 Å². The van der Waals surface area contributed by atoms with E-state index in [9.17, 15) is 9.59 Å². The second-order valence-electron chi connectivity index (χ2n) is 7.77. The Bertz CT molecular complexity index is 933. The van der Waals surface area contributed by atoms with E-state index in [4.69, 9.17) is 9.47 Å². The first-order chi connectivity index (χ1) is 15.0. The highest BCUT2D eigenvalue weighted by atomic mass is 16.5. The minimum Gasteiger partial charge on any atom is -0.494 e. The summed E-state index contributed by atoms with van der Waals surface area (Å²) in [5, 5.41) is 0. The van der Waals surface area contributed by atoms with Crippen molar-refractivity contribution >= 4 is 17.6 Å². The van der Waals surface area contributed by atoms with Crippen molar-refractivity contribution in [2.24, 2.45) is 0 Å². The second-order valence-corrected chi connectivity index (χ2v) is 7.77. The van der Waals surface area contributed by atoms with E-state index in [1.165, 1.54) is 0 Å². The first-order valence-electron chi connectivity index (χ1n) is 10.7. The number of benzene rings is 1. The zero-order valence-electron chi connectivity index (χ0n) is 18.0. The lowest BCUT2D eigenvalue weighted by atomic mass is 10.3. The van der Waals surface area contributed by atoms with Gasteiger partial charge in [-0.05, 0) is 44.2 Å². The smallest absolute Gasteiger partial charge is 0.325 e. The lowest BCUT2D eigenvalue weighted by Crippen LogP contribution is -2.42. The number of hydrogen-bond donors (Lipinski definition) is 0. The zero-order valence-corrected chi connectivity index (χ0v) is 18.0. The molecular weight excluding hydrogens is 396 g/mol. The first kappa shape index (κ1) is 21.0. The molecule has 2 aliphatic rings. The van der Waals surface area contributed by atoms with E-state index in [2.05, 4.69) is 4.98 Å². The number of ether oxygens (including phenoxy) is 2. The van der Waals surface area contributed by atoms with Gasteiger partial charge in [0, 0.05) is 43.5 Å². The summed E-state index contributed by atoms with van der Waals surface area (Å²) in [5.74, 6) is 1.31. The van der Waals surface area contributed by atoms with Crippen LogP contribution in [-0.2, 0) is 4.79 Å². The molecule has 3 amide bonds. The summed E-state index contributed by atoms with van der Waals surface area (Å²) in [4.78, 5) is 35.0. The number of pyridine rings is 1. The highest BCUT2D eigenvalue weighted by molar-refractivity contribution is 5.96. The van der Waals surface area contributed by atoms with Crippen LogP contribution >= 0.6 is 0 Å². The van der Waals surface area contributed by atoms with Gasteiger partial charge in [0.2, 0.25) is 11.8 Å². The standard InChI is InChI=1S/C23H28N4O4/c1-3-30-19-9-7-18(8-10-19)27-14-13-26(23(27)29)16-22(28)25-12-11-20(15-25)31-21-6-4-5-17(2)24-21/h4-10,20H,3,11-16H2,1-2H3/t20-/m0/s1. The van der Waals surface area contributed by atoms with E-state index < -0.39 is 0 Å². The predicted octanol–water partition coefficient (Wildman–Crippen LogP) is 2.71. The van der Waals surface area contributed by atoms with Crippen LogP contribution in [0.3, 0.4) is 0 Å². The fourth-order valence-corrected chi connectivity index (χ4v) is 3.93. The molecule has 2 saturated heterocycles. The largest absolute Gasteiger partial charge is 0.494 e. The third-order valence-electron chi connectivity index (χ3n) is 5.53. The molecule has 1 aromatic carbocycles. The van der Waals surface area contributed by atoms with E-state index in [0.29, 0.717) is 38.7 Å². The number of aryl methyl sites for hydroxylation is 1. The first-order valence-corrected chi connectivity index (χ1v) is 10.7. The fourth-order valence-electron chi connectivity index (χ4n) is 3.93. The van der Waals surface area contributed by atoms with E-state index in [1.807, 2.05) is 56.3 Å². The van der Waals surface area contributed by atoms with Crippen molar-refractivity contribution in [1.29, 1.82) is 0 Å². The van der Waals surface area contributed by atoms with Gasteiger partial charge in [-0.2, -0.15) is 0 Å². The average Bonchev–Trinajstić information content (AvgIpc) is 3.36. The number of nitrogens with zero attached hydrogens (tertiary/aromatic N) is 4. The van der Waals surface area contributed by atoms with Gasteiger partial charge in [-0.25, -0.2) is 9.78 Å². The summed E-state index contributed by atoms with van der Waals surface area (Å²) < 4.78 is 11.4. The van der Waals surface area contributed by atoms with Gasteiger partial charge in [0.15, 0.2) is 0 Å². The summed E-state index contributed by atoms with van der Waals surface area (Å²) in [6.45, 7) is 6.76. The molecule has 4 rings (SSSR count). The maximum atomic E-state index is 12.8. The highest BCUT2D eigenvalue weighted by Gasteiger charge is 2.34. The maximum Gasteiger partial charge on any atom is 0.325 e. The number of likely N-dealkylation sites (tertiary alicyclic amines) is 1. The van der Waals surface area contributed by atoms with Gasteiger partial charge in [-0.15, -0.1) is 0 Å². The summed E-state index contributed by atoms with van der Waals surface area (Å²) >= 11 is 0. The molecule has 8 heteroatoms. The SMILES string of the molecule is CCOc1ccc(N2CCN(CC(=O)N3CC[C@H](Oc4cccc(C)n4)C3)C2=O)cc1. The third-order valence-corrected chi connectivity index (χ3v) is 5.53. The predicted molar refractivity (Wildman–Crippen MR) is 117 cm³/mol. The molecule has 1 atom stereocenters. The quantitative estimate of drug-likeness (QED) is 0.683. The van der Waals surface area contributed by atoms with Gasteiger partial charge in [0.05, 0.1) is 13.2 Å². The molecule has 31 heavy (non-hydrogen) atoms. The van der Waals surface area contributed by atoms with Gasteiger partial charge < -0.3 is 19.3 Å². The third kappa shape index (κ3) is 4.90. The molecule has 0 N–H and O–H groups in total. The topological polar surface area (TPSA) is 75.2 Å². The Balaban J connectivity index is 1.29. The minimum atomic E-state index is -0.145. The van der Waals surface area contributed by atoms with Crippen molar-refractivity contribution in [3.05, 3.63) is 48.2 Å². The number of anilines is 1. The van der Waals surface area contributed by atoms with Crippen LogP contribution in [0.5, 0.6) is 11.6 Å². The van der Waals surface area contributed by atoms with Crippen molar-refractivity contribution in [2.75, 3.05) is 44.2 Å². The molecule has 8 nitrogen and oxygen atoms in total. The summed E-state index contributed by atoms with van der Waals surface area (Å²) in [7, 11) is 0. The van der Waals surface area contributed by atoms with Crippen molar-refractivity contribution in [3.8, 4) is 11.6 Å². The Morgan fingerprint density at radius 3 is 2.68 bits per heavy atom. The molecule has 0 unspecified atom stereocenters. The lowest BCUT2D eigenvalue weighted by Gasteiger charge is -2.22. The molecule has 1 aromatic heterocycles. The van der Waals surface area contributed by atoms with Crippen molar-refractivity contribution in [1.82, 2.24) is 14.8 Å². The highest BCUT2D eigenvalue weighted by Crippen LogP contribution is 2.24. The number of hydrogen-bond acceptors (Lipinski definition) is 5. The Labute approximate surface area is 182 Å². The molecule has 3 heterocycles. The zero-order chi connectivity index (χ0) is 21.8. The molecule has 0 spiro atoms. The van der Waals surface area contributed by atoms with Crippen LogP contribution in [0.2, 0.25) is 0 Å². The van der Waals surface area contributed by atoms with Crippen LogP contribution in [0.25, 0.3) is 0 Å². The van der Waals surface area contributed by atoms with Crippen molar-refractivity contribution < 1.29 is 19.1 Å². The van der Waals surface area contributed by atoms with Crippen molar-refractivity contribution in [3.63, 3.8) is 0 Å². The van der Waals surface area contributed by atoms with Gasteiger partial charge in [-0.1, -0.05) is 6.07 Å². The second kappa shape index (κ2) is 9.24. The molecule has 164 valence electrons. The summed E-state index contributed by atoms with van der Waals surface area (Å²) in [5.41, 5.74) is 1.71. The fraction of sp³-hybridized carbons (Fsp3) is 0.435. The minimum absolute atomic E-state index is 0.0507. The number of carbonyl (C=O) groups excluding carboxylic acids is 2. The number of urea groups is 1. The molecular formula is C23H28N4O4. The molecule has 2 fully saturated rings. The van der Waals surface area contributed by atoms with Crippen LogP contribution in [0.15, 0.2) is 42.5 Å². The van der Waals surface area contributed by atoms with E-state index in [-0.39, 0.29) is 24.6 Å². The van der Waals surface area contributed by atoms with Crippen LogP contribution in [0.1, 0.15) is 19.0 Å². The average molecular weight is 425 g/mol. The van der Waals surface area contributed by atoms with Crippen LogP contribution in [0.4, 0.5) is 10.5 Å². The van der Waals surface area contributed by atoms with Gasteiger partial charge in [0.1, 0.15) is 18.4 Å². The number of rotatable bonds is 7. The van der Waals surface area contributed by atoms with Gasteiger partial charge in [0.25, 0.3) is 0 Å². The molecule has 0 aliphatic carbocycles. The van der Waals surface area contributed by atoms with Gasteiger partial charge >= 0.3 is 6.03 Å². The Morgan fingerprint density at radius 1 is 1.13 bits per heavy atom. The van der Waals surface area contributed by atoms with Gasteiger partial charge in [-0.3, -0.25) is 9.69 Å². The van der Waals surface area contributed by atoms with Crippen LogP contribution in [-0.4, -0.2) is 72.2 Å². The van der Waals surface area contributed by atoms with E-state index >= 15 is 0 Å². The van der Waals surface area contributed by atoms with E-state index in [0.717, 1.165) is 23.6 Å². The number of aromatic nitrogens is 1. The van der Waals surface area contributed by atoms with Crippen LogP contribution in [0, 0.1) is 6.92 Å².